The lowest BCUT2D eigenvalue weighted by atomic mass is 10.2. The second-order valence-electron chi connectivity index (χ2n) is 3.89. The Bertz CT molecular complexity index is 626. The third-order valence-corrected chi connectivity index (χ3v) is 5.18. The van der Waals surface area contributed by atoms with E-state index in [0.717, 1.165) is 5.56 Å². The zero-order valence-corrected chi connectivity index (χ0v) is 12.8. The summed E-state index contributed by atoms with van der Waals surface area (Å²) >= 11 is 18.1. The summed E-state index contributed by atoms with van der Waals surface area (Å²) < 4.78 is 12.3. The van der Waals surface area contributed by atoms with E-state index in [4.69, 9.17) is 40.5 Å². The molecule has 0 radical (unpaired) electrons. The summed E-state index contributed by atoms with van der Waals surface area (Å²) in [5.74, 6) is 0.239. The molecular weight excluding hydrogens is 325 g/mol. The van der Waals surface area contributed by atoms with Crippen LogP contribution in [0.15, 0.2) is 41.3 Å². The van der Waals surface area contributed by atoms with Crippen LogP contribution < -0.4 is 5.73 Å². The van der Waals surface area contributed by atoms with Crippen LogP contribution in [0.3, 0.4) is 0 Å². The minimum atomic E-state index is -1.36. The van der Waals surface area contributed by atoms with Gasteiger partial charge in [-0.2, -0.15) is 0 Å². The third kappa shape index (κ3) is 3.42. The van der Waals surface area contributed by atoms with E-state index in [9.17, 15) is 4.21 Å². The monoisotopic (exact) mass is 333 g/mol. The molecule has 2 aromatic rings. The lowest BCUT2D eigenvalue weighted by molar-refractivity contribution is 0.682. The Kier molecular flexibility index (Phi) is 4.74. The Balaban J connectivity index is 2.31. The molecule has 0 bridgehead atoms. The van der Waals surface area contributed by atoms with E-state index in [-0.39, 0.29) is 5.75 Å². The SMILES string of the molecule is Nc1ccc(CS(=O)c2c(Cl)cccc2Cl)c(Cl)c1. The molecule has 2 rings (SSSR count). The number of nitrogen functional groups attached to an aromatic ring is 1. The summed E-state index contributed by atoms with van der Waals surface area (Å²) in [6.07, 6.45) is 0. The van der Waals surface area contributed by atoms with Crippen LogP contribution in [0.2, 0.25) is 15.1 Å². The molecule has 0 saturated heterocycles. The van der Waals surface area contributed by atoms with Crippen molar-refractivity contribution >= 4 is 51.3 Å². The Morgan fingerprint density at radius 2 is 1.63 bits per heavy atom. The van der Waals surface area contributed by atoms with E-state index < -0.39 is 10.8 Å². The van der Waals surface area contributed by atoms with Crippen LogP contribution in [0.1, 0.15) is 5.56 Å². The van der Waals surface area contributed by atoms with Crippen LogP contribution in [0.4, 0.5) is 5.69 Å². The van der Waals surface area contributed by atoms with Gasteiger partial charge in [-0.25, -0.2) is 0 Å². The van der Waals surface area contributed by atoms with Gasteiger partial charge < -0.3 is 5.73 Å². The van der Waals surface area contributed by atoms with Crippen LogP contribution in [-0.4, -0.2) is 4.21 Å². The molecule has 0 saturated carbocycles. The highest BCUT2D eigenvalue weighted by Gasteiger charge is 2.15. The highest BCUT2D eigenvalue weighted by Crippen LogP contribution is 2.30. The molecule has 6 heteroatoms. The minimum absolute atomic E-state index is 0.239. The molecular formula is C13H10Cl3NOS. The quantitative estimate of drug-likeness (QED) is 0.838. The maximum Gasteiger partial charge on any atom is 0.0763 e. The van der Waals surface area contributed by atoms with Crippen LogP contribution in [0.25, 0.3) is 0 Å². The molecule has 19 heavy (non-hydrogen) atoms. The third-order valence-electron chi connectivity index (χ3n) is 2.51. The van der Waals surface area contributed by atoms with E-state index in [1.807, 2.05) is 0 Å². The van der Waals surface area contributed by atoms with Crippen molar-refractivity contribution in [2.24, 2.45) is 0 Å². The zero-order valence-electron chi connectivity index (χ0n) is 9.70. The lowest BCUT2D eigenvalue weighted by Crippen LogP contribution is -1.99. The molecule has 0 aliphatic rings. The number of anilines is 1. The van der Waals surface area contributed by atoms with Gasteiger partial charge in [-0.15, -0.1) is 0 Å². The number of hydrogen-bond acceptors (Lipinski definition) is 2. The standard InChI is InChI=1S/C13H10Cl3NOS/c14-10-2-1-3-11(15)13(10)19(18)7-8-4-5-9(17)6-12(8)16/h1-6H,7,17H2. The van der Waals surface area contributed by atoms with Gasteiger partial charge >= 0.3 is 0 Å². The van der Waals surface area contributed by atoms with Gasteiger partial charge in [0.1, 0.15) is 0 Å². The van der Waals surface area contributed by atoms with Crippen molar-refractivity contribution in [3.05, 3.63) is 57.0 Å². The Hall–Kier alpha value is -0.740. The van der Waals surface area contributed by atoms with Gasteiger partial charge in [0.2, 0.25) is 0 Å². The van der Waals surface area contributed by atoms with Gasteiger partial charge in [0.25, 0.3) is 0 Å². The largest absolute Gasteiger partial charge is 0.399 e. The Labute approximate surface area is 128 Å². The lowest BCUT2D eigenvalue weighted by Gasteiger charge is -2.08. The summed E-state index contributed by atoms with van der Waals surface area (Å²) in [6.45, 7) is 0. The molecule has 0 fully saturated rings. The molecule has 100 valence electrons. The molecule has 2 nitrogen and oxygen atoms in total. The van der Waals surface area contributed by atoms with E-state index >= 15 is 0 Å². The van der Waals surface area contributed by atoms with Crippen LogP contribution in [0, 0.1) is 0 Å². The molecule has 1 unspecified atom stereocenters. The van der Waals surface area contributed by atoms with Crippen molar-refractivity contribution in [3.8, 4) is 0 Å². The fraction of sp³-hybridized carbons (Fsp3) is 0.0769. The average molecular weight is 335 g/mol. The second kappa shape index (κ2) is 6.14. The Morgan fingerprint density at radius 1 is 1.00 bits per heavy atom. The summed E-state index contributed by atoms with van der Waals surface area (Å²) in [7, 11) is -1.36. The number of nitrogens with two attached hydrogens (primary N) is 1. The molecule has 0 heterocycles. The van der Waals surface area contributed by atoms with Crippen molar-refractivity contribution in [1.82, 2.24) is 0 Å². The Morgan fingerprint density at radius 3 is 2.21 bits per heavy atom. The molecule has 0 aromatic heterocycles. The summed E-state index contributed by atoms with van der Waals surface area (Å²) in [4.78, 5) is 0.429. The first-order chi connectivity index (χ1) is 8.99. The summed E-state index contributed by atoms with van der Waals surface area (Å²) in [5.41, 5.74) is 6.92. The van der Waals surface area contributed by atoms with Gasteiger partial charge in [0.15, 0.2) is 0 Å². The van der Waals surface area contributed by atoms with Crippen LogP contribution in [-0.2, 0) is 16.6 Å². The van der Waals surface area contributed by atoms with Crippen molar-refractivity contribution in [2.45, 2.75) is 10.6 Å². The van der Waals surface area contributed by atoms with Gasteiger partial charge in [-0.05, 0) is 29.8 Å². The normalized spacial score (nSPS) is 12.4. The fourth-order valence-electron chi connectivity index (χ4n) is 1.59. The van der Waals surface area contributed by atoms with Crippen molar-refractivity contribution < 1.29 is 4.21 Å². The minimum Gasteiger partial charge on any atom is -0.399 e. The van der Waals surface area contributed by atoms with Gasteiger partial charge in [-0.1, -0.05) is 46.9 Å². The van der Waals surface area contributed by atoms with Gasteiger partial charge in [0, 0.05) is 10.7 Å². The van der Waals surface area contributed by atoms with Gasteiger partial charge in [-0.3, -0.25) is 4.21 Å². The predicted molar refractivity (Wildman–Crippen MR) is 82.4 cm³/mol. The van der Waals surface area contributed by atoms with Crippen molar-refractivity contribution in [2.75, 3.05) is 5.73 Å². The number of halogens is 3. The molecule has 0 aliphatic carbocycles. The number of hydrogen-bond donors (Lipinski definition) is 1. The first kappa shape index (κ1) is 14.7. The van der Waals surface area contributed by atoms with Crippen LogP contribution >= 0.6 is 34.8 Å². The van der Waals surface area contributed by atoms with Crippen molar-refractivity contribution in [3.63, 3.8) is 0 Å². The van der Waals surface area contributed by atoms with E-state index in [1.165, 1.54) is 0 Å². The topological polar surface area (TPSA) is 43.1 Å². The smallest absolute Gasteiger partial charge is 0.0763 e. The number of benzene rings is 2. The fourth-order valence-corrected chi connectivity index (χ4v) is 4.09. The van der Waals surface area contributed by atoms with E-state index in [0.29, 0.717) is 25.7 Å². The predicted octanol–water partition coefficient (Wildman–Crippen LogP) is 4.54. The molecule has 2 aromatic carbocycles. The van der Waals surface area contributed by atoms with Gasteiger partial charge in [0.05, 0.1) is 31.5 Å². The first-order valence-electron chi connectivity index (χ1n) is 5.35. The maximum atomic E-state index is 12.3. The summed E-state index contributed by atoms with van der Waals surface area (Å²) in [6, 6.07) is 10.1. The molecule has 0 amide bonds. The van der Waals surface area contributed by atoms with Crippen molar-refractivity contribution in [1.29, 1.82) is 0 Å². The highest BCUT2D eigenvalue weighted by molar-refractivity contribution is 7.84. The van der Waals surface area contributed by atoms with E-state index in [2.05, 4.69) is 0 Å². The maximum absolute atomic E-state index is 12.3. The molecule has 0 aliphatic heterocycles. The molecule has 2 N–H and O–H groups in total. The summed E-state index contributed by atoms with van der Waals surface area (Å²) in [5, 5.41) is 1.26. The van der Waals surface area contributed by atoms with E-state index in [1.54, 1.807) is 36.4 Å². The zero-order chi connectivity index (χ0) is 14.0. The van der Waals surface area contributed by atoms with Crippen LogP contribution in [0.5, 0.6) is 0 Å². The second-order valence-corrected chi connectivity index (χ2v) is 6.50. The molecule has 1 atom stereocenters. The average Bonchev–Trinajstić information content (AvgIpc) is 2.32. The number of rotatable bonds is 3. The first-order valence-corrected chi connectivity index (χ1v) is 7.80. The molecule has 0 spiro atoms. The highest BCUT2D eigenvalue weighted by atomic mass is 35.5.